The summed E-state index contributed by atoms with van der Waals surface area (Å²) in [6.45, 7) is 9.38. The molecule has 1 aliphatic rings. The second-order valence-electron chi connectivity index (χ2n) is 8.68. The van der Waals surface area contributed by atoms with Gasteiger partial charge in [0.2, 0.25) is 0 Å². The van der Waals surface area contributed by atoms with Crippen molar-refractivity contribution in [1.82, 2.24) is 15.1 Å². The highest BCUT2D eigenvalue weighted by molar-refractivity contribution is 6.29. The summed E-state index contributed by atoms with van der Waals surface area (Å²) < 4.78 is 19.1. The molecule has 1 saturated heterocycles. The number of carbonyl (C=O) groups excluding carboxylic acids is 1. The Hall–Kier alpha value is -2.41. The van der Waals surface area contributed by atoms with Crippen LogP contribution >= 0.6 is 11.6 Å². The molecule has 1 fully saturated rings. The lowest BCUT2D eigenvalue weighted by molar-refractivity contribution is 0.0188. The minimum Gasteiger partial charge on any atom is -0.444 e. The molecule has 1 aromatic carbocycles. The van der Waals surface area contributed by atoms with E-state index in [-0.39, 0.29) is 11.9 Å². The maximum Gasteiger partial charge on any atom is 0.410 e. The van der Waals surface area contributed by atoms with Crippen LogP contribution < -0.4 is 5.32 Å². The van der Waals surface area contributed by atoms with Crippen molar-refractivity contribution in [2.75, 3.05) is 25.0 Å². The summed E-state index contributed by atoms with van der Waals surface area (Å²) in [7, 11) is 0. The molecule has 0 atom stereocenters. The summed E-state index contributed by atoms with van der Waals surface area (Å²) in [6.07, 6.45) is 1.50. The number of halogens is 2. The van der Waals surface area contributed by atoms with Gasteiger partial charge in [-0.2, -0.15) is 0 Å². The summed E-state index contributed by atoms with van der Waals surface area (Å²) in [5.41, 5.74) is 2.23. The average Bonchev–Trinajstić information content (AvgIpc) is 2.68. The molecule has 2 heterocycles. The molecule has 0 spiro atoms. The quantitative estimate of drug-likeness (QED) is 0.706. The summed E-state index contributed by atoms with van der Waals surface area (Å²) in [6, 6.07) is 6.60. The molecule has 0 radical (unpaired) electrons. The van der Waals surface area contributed by atoms with Gasteiger partial charge in [0.05, 0.1) is 5.69 Å². The van der Waals surface area contributed by atoms with E-state index in [0.29, 0.717) is 35.4 Å². The van der Waals surface area contributed by atoms with Gasteiger partial charge in [-0.1, -0.05) is 11.6 Å². The molecule has 6 nitrogen and oxygen atoms in total. The average molecular weight is 435 g/mol. The second-order valence-corrected chi connectivity index (χ2v) is 9.07. The summed E-state index contributed by atoms with van der Waals surface area (Å²) >= 11 is 6.06. The number of benzene rings is 1. The van der Waals surface area contributed by atoms with Crippen molar-refractivity contribution in [1.29, 1.82) is 0 Å². The third kappa shape index (κ3) is 5.81. The van der Waals surface area contributed by atoms with E-state index < -0.39 is 5.60 Å². The number of nitrogens with one attached hydrogen (secondary N) is 1. The van der Waals surface area contributed by atoms with Crippen molar-refractivity contribution in [3.63, 3.8) is 0 Å². The van der Waals surface area contributed by atoms with Crippen molar-refractivity contribution < 1.29 is 13.9 Å². The van der Waals surface area contributed by atoms with E-state index in [9.17, 15) is 9.18 Å². The Labute approximate surface area is 181 Å². The number of hydrogen-bond acceptors (Lipinski definition) is 5. The van der Waals surface area contributed by atoms with E-state index in [1.165, 1.54) is 6.07 Å². The Kier molecular flexibility index (Phi) is 6.81. The van der Waals surface area contributed by atoms with Crippen LogP contribution in [0.3, 0.4) is 0 Å². The number of ether oxygens (including phenoxy) is 1. The molecule has 0 unspecified atom stereocenters. The molecule has 0 aliphatic carbocycles. The highest BCUT2D eigenvalue weighted by Crippen LogP contribution is 2.29. The number of carbonyl (C=O) groups is 1. The number of aryl methyl sites for hydroxylation is 1. The smallest absolute Gasteiger partial charge is 0.410 e. The molecule has 2 aromatic rings. The zero-order valence-corrected chi connectivity index (χ0v) is 18.6. The van der Waals surface area contributed by atoms with Crippen LogP contribution in [0, 0.1) is 18.7 Å². The first-order valence-corrected chi connectivity index (χ1v) is 10.5. The molecule has 162 valence electrons. The van der Waals surface area contributed by atoms with Crippen LogP contribution in [0.15, 0.2) is 24.3 Å². The van der Waals surface area contributed by atoms with Crippen LogP contribution in [-0.4, -0.2) is 46.4 Å². The Balaban J connectivity index is 1.62. The first kappa shape index (κ1) is 22.3. The van der Waals surface area contributed by atoms with Gasteiger partial charge in [-0.25, -0.2) is 9.18 Å². The molecule has 0 saturated carbocycles. The summed E-state index contributed by atoms with van der Waals surface area (Å²) in [5.74, 6) is 0.144. The largest absolute Gasteiger partial charge is 0.444 e. The maximum atomic E-state index is 13.6. The van der Waals surface area contributed by atoms with Gasteiger partial charge in [0.25, 0.3) is 0 Å². The number of amides is 1. The summed E-state index contributed by atoms with van der Waals surface area (Å²) in [5, 5.41) is 11.9. The molecule has 30 heavy (non-hydrogen) atoms. The van der Waals surface area contributed by atoms with E-state index in [4.69, 9.17) is 16.3 Å². The highest BCUT2D eigenvalue weighted by Gasteiger charge is 2.27. The Morgan fingerprint density at radius 2 is 1.97 bits per heavy atom. The molecule has 8 heteroatoms. The zero-order chi connectivity index (χ0) is 21.9. The number of hydrogen-bond donors (Lipinski definition) is 1. The molecular formula is C22H28ClFN4O2. The monoisotopic (exact) mass is 434 g/mol. The zero-order valence-electron chi connectivity index (χ0n) is 17.8. The van der Waals surface area contributed by atoms with Crippen LogP contribution in [0.1, 0.15) is 39.2 Å². The van der Waals surface area contributed by atoms with E-state index in [1.54, 1.807) is 30.0 Å². The fourth-order valence-corrected chi connectivity index (χ4v) is 3.56. The lowest BCUT2D eigenvalue weighted by Gasteiger charge is -2.33. The van der Waals surface area contributed by atoms with Gasteiger partial charge in [0, 0.05) is 31.3 Å². The van der Waals surface area contributed by atoms with Gasteiger partial charge < -0.3 is 15.0 Å². The molecule has 3 rings (SSSR count). The minimum atomic E-state index is -0.488. The van der Waals surface area contributed by atoms with Crippen molar-refractivity contribution >= 4 is 23.4 Å². The second kappa shape index (κ2) is 9.16. The minimum absolute atomic E-state index is 0.256. The molecule has 1 N–H and O–H groups in total. The van der Waals surface area contributed by atoms with Crippen molar-refractivity contribution in [2.45, 2.75) is 46.1 Å². The fourth-order valence-electron chi connectivity index (χ4n) is 3.41. The molecule has 1 aromatic heterocycles. The molecular weight excluding hydrogens is 407 g/mol. The van der Waals surface area contributed by atoms with Crippen LogP contribution in [0.25, 0.3) is 11.3 Å². The van der Waals surface area contributed by atoms with Crippen LogP contribution in [0.4, 0.5) is 14.9 Å². The normalized spacial score (nSPS) is 15.2. The number of nitrogens with zero attached hydrogens (tertiary/aromatic N) is 3. The van der Waals surface area contributed by atoms with Crippen molar-refractivity contribution in [2.24, 2.45) is 5.92 Å². The van der Waals surface area contributed by atoms with E-state index >= 15 is 0 Å². The predicted molar refractivity (Wildman–Crippen MR) is 116 cm³/mol. The van der Waals surface area contributed by atoms with Crippen LogP contribution in [0.5, 0.6) is 0 Å². The Morgan fingerprint density at radius 1 is 1.27 bits per heavy atom. The Morgan fingerprint density at radius 3 is 2.60 bits per heavy atom. The fraction of sp³-hybridized carbons (Fsp3) is 0.500. The predicted octanol–water partition coefficient (Wildman–Crippen LogP) is 5.30. The standard InChI is InChI=1S/C22H28ClFN4O2/c1-14-11-16(5-6-17(14)24)20-18(12-19(23)26-27-20)25-13-15-7-9-28(10-8-15)21(29)30-22(2,3)4/h5-6,11-12,15H,7-10,13H2,1-4H3,(H,25,26). The van der Waals surface area contributed by atoms with Crippen molar-refractivity contribution in [3.8, 4) is 11.3 Å². The van der Waals surface area contributed by atoms with Crippen LogP contribution in [-0.2, 0) is 4.74 Å². The van der Waals surface area contributed by atoms with Gasteiger partial charge in [0.1, 0.15) is 17.1 Å². The van der Waals surface area contributed by atoms with E-state index in [2.05, 4.69) is 15.5 Å². The first-order chi connectivity index (χ1) is 14.1. The summed E-state index contributed by atoms with van der Waals surface area (Å²) in [4.78, 5) is 14.0. The van der Waals surface area contributed by atoms with Crippen LogP contribution in [0.2, 0.25) is 5.15 Å². The van der Waals surface area contributed by atoms with Gasteiger partial charge in [-0.3, -0.25) is 0 Å². The highest BCUT2D eigenvalue weighted by atomic mass is 35.5. The van der Waals surface area contributed by atoms with Gasteiger partial charge >= 0.3 is 6.09 Å². The Bertz CT molecular complexity index is 908. The number of anilines is 1. The van der Waals surface area contributed by atoms with Gasteiger partial charge in [-0.15, -0.1) is 10.2 Å². The lowest BCUT2D eigenvalue weighted by atomic mass is 9.97. The topological polar surface area (TPSA) is 67.4 Å². The van der Waals surface area contributed by atoms with E-state index in [0.717, 1.165) is 30.6 Å². The third-order valence-electron chi connectivity index (χ3n) is 5.04. The number of rotatable bonds is 4. The molecule has 1 aliphatic heterocycles. The number of aromatic nitrogens is 2. The maximum absolute atomic E-state index is 13.6. The van der Waals surface area contributed by atoms with Crippen molar-refractivity contribution in [3.05, 3.63) is 40.8 Å². The van der Waals surface area contributed by atoms with Gasteiger partial charge in [-0.05, 0) is 70.2 Å². The third-order valence-corrected chi connectivity index (χ3v) is 5.23. The van der Waals surface area contributed by atoms with Gasteiger partial charge in [0.15, 0.2) is 5.15 Å². The number of piperidine rings is 1. The molecule has 0 bridgehead atoms. The SMILES string of the molecule is Cc1cc(-c2nnc(Cl)cc2NCC2CCN(C(=O)OC(C)(C)C)CC2)ccc1F. The first-order valence-electron chi connectivity index (χ1n) is 10.1. The number of likely N-dealkylation sites (tertiary alicyclic amines) is 1. The molecule has 1 amide bonds. The van der Waals surface area contributed by atoms with E-state index in [1.807, 2.05) is 20.8 Å². The lowest BCUT2D eigenvalue weighted by Crippen LogP contribution is -2.42.